The van der Waals surface area contributed by atoms with E-state index >= 15 is 0 Å². The molecule has 4 heteroatoms. The quantitative estimate of drug-likeness (QED) is 0.657. The summed E-state index contributed by atoms with van der Waals surface area (Å²) in [6, 6.07) is 21.6. The van der Waals surface area contributed by atoms with Crippen molar-refractivity contribution in [3.05, 3.63) is 95.1 Å². The van der Waals surface area contributed by atoms with Crippen molar-refractivity contribution in [3.8, 4) is 5.75 Å². The van der Waals surface area contributed by atoms with E-state index in [0.717, 1.165) is 5.56 Å². The zero-order valence-corrected chi connectivity index (χ0v) is 15.4. The van der Waals surface area contributed by atoms with E-state index in [9.17, 15) is 9.59 Å². The van der Waals surface area contributed by atoms with Crippen LogP contribution in [0, 0.1) is 13.8 Å². The smallest absolute Gasteiger partial charge is 0.262 e. The molecule has 3 aromatic carbocycles. The Labute approximate surface area is 158 Å². The predicted octanol–water partition coefficient (Wildman–Crippen LogP) is 4.55. The summed E-state index contributed by atoms with van der Waals surface area (Å²) in [6.07, 6.45) is 0. The molecule has 1 N–H and O–H groups in total. The summed E-state index contributed by atoms with van der Waals surface area (Å²) in [4.78, 5) is 25.0. The van der Waals surface area contributed by atoms with Gasteiger partial charge in [0, 0.05) is 11.1 Å². The maximum atomic E-state index is 12.7. The first-order chi connectivity index (χ1) is 13.0. The number of hydrogen-bond acceptors (Lipinski definition) is 3. The van der Waals surface area contributed by atoms with Crippen molar-refractivity contribution in [1.82, 2.24) is 0 Å². The maximum Gasteiger partial charge on any atom is 0.262 e. The highest BCUT2D eigenvalue weighted by atomic mass is 16.5. The Kier molecular flexibility index (Phi) is 5.67. The molecule has 4 nitrogen and oxygen atoms in total. The molecule has 0 aromatic heterocycles. The van der Waals surface area contributed by atoms with E-state index in [2.05, 4.69) is 5.32 Å². The van der Waals surface area contributed by atoms with Crippen LogP contribution in [0.5, 0.6) is 5.75 Å². The molecule has 3 rings (SSSR count). The number of ketones is 1. The Balaban J connectivity index is 1.69. The highest BCUT2D eigenvalue weighted by molar-refractivity contribution is 6.13. The number of para-hydroxylation sites is 1. The third kappa shape index (κ3) is 4.61. The zero-order valence-electron chi connectivity index (χ0n) is 15.4. The van der Waals surface area contributed by atoms with Crippen molar-refractivity contribution in [2.24, 2.45) is 0 Å². The summed E-state index contributed by atoms with van der Waals surface area (Å²) < 4.78 is 5.56. The number of ether oxygens (including phenoxy) is 1. The second-order valence-electron chi connectivity index (χ2n) is 6.32. The molecule has 0 aliphatic heterocycles. The summed E-state index contributed by atoms with van der Waals surface area (Å²) in [7, 11) is 0. The van der Waals surface area contributed by atoms with Gasteiger partial charge in [0.15, 0.2) is 12.4 Å². The third-order valence-electron chi connectivity index (χ3n) is 4.33. The highest BCUT2D eigenvalue weighted by Gasteiger charge is 2.15. The van der Waals surface area contributed by atoms with Gasteiger partial charge in [0.2, 0.25) is 0 Å². The van der Waals surface area contributed by atoms with E-state index < -0.39 is 0 Å². The second-order valence-corrected chi connectivity index (χ2v) is 6.32. The van der Waals surface area contributed by atoms with Gasteiger partial charge in [-0.15, -0.1) is 0 Å². The van der Waals surface area contributed by atoms with Gasteiger partial charge < -0.3 is 10.1 Å². The number of carbonyl (C=O) groups is 2. The van der Waals surface area contributed by atoms with Gasteiger partial charge >= 0.3 is 0 Å². The Morgan fingerprint density at radius 3 is 2.30 bits per heavy atom. The number of aryl methyl sites for hydroxylation is 2. The Hall–Kier alpha value is -3.40. The van der Waals surface area contributed by atoms with Gasteiger partial charge in [-0.05, 0) is 49.2 Å². The van der Waals surface area contributed by atoms with Gasteiger partial charge in [0.1, 0.15) is 5.75 Å². The van der Waals surface area contributed by atoms with Gasteiger partial charge in [0.05, 0.1) is 5.69 Å². The second kappa shape index (κ2) is 8.32. The average Bonchev–Trinajstić information content (AvgIpc) is 2.69. The number of rotatable bonds is 6. The van der Waals surface area contributed by atoms with Crippen LogP contribution in [0.1, 0.15) is 27.0 Å². The Bertz CT molecular complexity index is 964. The number of amides is 1. The molecule has 0 atom stereocenters. The fourth-order valence-corrected chi connectivity index (χ4v) is 2.67. The largest absolute Gasteiger partial charge is 0.484 e. The molecule has 0 saturated carbocycles. The molecule has 0 aliphatic carbocycles. The first-order valence-corrected chi connectivity index (χ1v) is 8.73. The van der Waals surface area contributed by atoms with Crippen molar-refractivity contribution in [1.29, 1.82) is 0 Å². The van der Waals surface area contributed by atoms with Gasteiger partial charge in [-0.25, -0.2) is 0 Å². The summed E-state index contributed by atoms with van der Waals surface area (Å²) in [5.74, 6) is 0.185. The van der Waals surface area contributed by atoms with Crippen molar-refractivity contribution in [2.45, 2.75) is 13.8 Å². The molecule has 0 spiro atoms. The number of anilines is 1. The van der Waals surface area contributed by atoms with Crippen LogP contribution in [-0.4, -0.2) is 18.3 Å². The number of hydrogen-bond donors (Lipinski definition) is 1. The number of carbonyl (C=O) groups excluding carboxylic acids is 2. The molecule has 0 radical (unpaired) electrons. The van der Waals surface area contributed by atoms with Gasteiger partial charge in [-0.3, -0.25) is 9.59 Å². The lowest BCUT2D eigenvalue weighted by atomic mass is 10.0. The predicted molar refractivity (Wildman–Crippen MR) is 106 cm³/mol. The lowest BCUT2D eigenvalue weighted by Crippen LogP contribution is -2.21. The minimum atomic E-state index is -0.318. The van der Waals surface area contributed by atoms with Gasteiger partial charge in [-0.1, -0.05) is 48.5 Å². The zero-order chi connectivity index (χ0) is 19.2. The lowest BCUT2D eigenvalue weighted by Gasteiger charge is -2.12. The molecule has 27 heavy (non-hydrogen) atoms. The molecule has 0 saturated heterocycles. The molecule has 0 unspecified atom stereocenters. The SMILES string of the molecule is Cc1ccc(OCC(=O)Nc2ccccc2C(=O)c2ccccc2)cc1C. The standard InChI is InChI=1S/C23H21NO3/c1-16-12-13-19(14-17(16)2)27-15-22(25)24-21-11-7-6-10-20(21)23(26)18-8-4-3-5-9-18/h3-14H,15H2,1-2H3,(H,24,25). The fraction of sp³-hybridized carbons (Fsp3) is 0.130. The molecule has 0 aliphatic rings. The van der Waals surface area contributed by atoms with Crippen LogP contribution < -0.4 is 10.1 Å². The molecule has 136 valence electrons. The van der Waals surface area contributed by atoms with Crippen LogP contribution in [-0.2, 0) is 4.79 Å². The summed E-state index contributed by atoms with van der Waals surface area (Å²) >= 11 is 0. The molecular weight excluding hydrogens is 338 g/mol. The van der Waals surface area contributed by atoms with Crippen LogP contribution in [0.15, 0.2) is 72.8 Å². The summed E-state index contributed by atoms with van der Waals surface area (Å²) in [5.41, 5.74) is 3.76. The Morgan fingerprint density at radius 1 is 0.852 bits per heavy atom. The van der Waals surface area contributed by atoms with Gasteiger partial charge in [-0.2, -0.15) is 0 Å². The van der Waals surface area contributed by atoms with E-state index in [0.29, 0.717) is 22.6 Å². The molecule has 0 heterocycles. The molecule has 3 aromatic rings. The fourth-order valence-electron chi connectivity index (χ4n) is 2.67. The van der Waals surface area contributed by atoms with E-state index in [4.69, 9.17) is 4.74 Å². The van der Waals surface area contributed by atoms with Crippen LogP contribution >= 0.6 is 0 Å². The molecule has 1 amide bonds. The summed E-state index contributed by atoms with van der Waals surface area (Å²) in [5, 5.41) is 2.77. The van der Waals surface area contributed by atoms with Crippen molar-refractivity contribution >= 4 is 17.4 Å². The first-order valence-electron chi connectivity index (χ1n) is 8.73. The topological polar surface area (TPSA) is 55.4 Å². The van der Waals surface area contributed by atoms with E-state index in [-0.39, 0.29) is 18.3 Å². The van der Waals surface area contributed by atoms with Gasteiger partial charge in [0.25, 0.3) is 5.91 Å². The van der Waals surface area contributed by atoms with Crippen molar-refractivity contribution in [2.75, 3.05) is 11.9 Å². The minimum absolute atomic E-state index is 0.129. The normalized spacial score (nSPS) is 10.3. The van der Waals surface area contributed by atoms with Crippen molar-refractivity contribution < 1.29 is 14.3 Å². The van der Waals surface area contributed by atoms with E-state index in [1.165, 1.54) is 5.56 Å². The average molecular weight is 359 g/mol. The summed E-state index contributed by atoms with van der Waals surface area (Å²) in [6.45, 7) is 3.89. The third-order valence-corrected chi connectivity index (χ3v) is 4.33. The van der Waals surface area contributed by atoms with E-state index in [1.807, 2.05) is 50.2 Å². The van der Waals surface area contributed by atoms with Crippen molar-refractivity contribution in [3.63, 3.8) is 0 Å². The number of nitrogens with one attached hydrogen (secondary N) is 1. The molecule has 0 fully saturated rings. The van der Waals surface area contributed by atoms with E-state index in [1.54, 1.807) is 36.4 Å². The number of benzene rings is 3. The first kappa shape index (κ1) is 18.4. The molecular formula is C23H21NO3. The van der Waals surface area contributed by atoms with Crippen LogP contribution in [0.2, 0.25) is 0 Å². The molecule has 0 bridgehead atoms. The van der Waals surface area contributed by atoms with Crippen LogP contribution in [0.25, 0.3) is 0 Å². The van der Waals surface area contributed by atoms with Crippen LogP contribution in [0.3, 0.4) is 0 Å². The highest BCUT2D eigenvalue weighted by Crippen LogP contribution is 2.20. The minimum Gasteiger partial charge on any atom is -0.484 e. The monoisotopic (exact) mass is 359 g/mol. The maximum absolute atomic E-state index is 12.7. The lowest BCUT2D eigenvalue weighted by molar-refractivity contribution is -0.118. The van der Waals surface area contributed by atoms with Crippen LogP contribution in [0.4, 0.5) is 5.69 Å². The Morgan fingerprint density at radius 2 is 1.56 bits per heavy atom.